The number of rotatable bonds is 7. The fourth-order valence-electron chi connectivity index (χ4n) is 1.96. The summed E-state index contributed by atoms with van der Waals surface area (Å²) < 4.78 is 0. The molecule has 20 heavy (non-hydrogen) atoms. The zero-order valence-corrected chi connectivity index (χ0v) is 12.0. The van der Waals surface area contributed by atoms with Crippen LogP contribution in [0.25, 0.3) is 0 Å². The summed E-state index contributed by atoms with van der Waals surface area (Å²) in [6.07, 6.45) is 1.13. The van der Waals surface area contributed by atoms with Gasteiger partial charge in [-0.25, -0.2) is 9.59 Å². The summed E-state index contributed by atoms with van der Waals surface area (Å²) >= 11 is 0. The highest BCUT2D eigenvalue weighted by molar-refractivity contribution is 5.82. The molecule has 5 heteroatoms. The number of hydrogen-bond acceptors (Lipinski definition) is 2. The molecule has 0 radical (unpaired) electrons. The smallest absolute Gasteiger partial charge is 0.326 e. The zero-order valence-electron chi connectivity index (χ0n) is 12.0. The molecule has 0 unspecified atom stereocenters. The highest BCUT2D eigenvalue weighted by Gasteiger charge is 2.22. The van der Waals surface area contributed by atoms with E-state index < -0.39 is 12.0 Å². The Morgan fingerprint density at radius 3 is 2.40 bits per heavy atom. The number of carbonyl (C=O) groups is 2. The molecule has 0 spiro atoms. The van der Waals surface area contributed by atoms with Crippen LogP contribution in [0.15, 0.2) is 30.3 Å². The highest BCUT2D eigenvalue weighted by atomic mass is 16.4. The van der Waals surface area contributed by atoms with Crippen molar-refractivity contribution in [3.05, 3.63) is 35.9 Å². The van der Waals surface area contributed by atoms with Crippen molar-refractivity contribution in [1.82, 2.24) is 10.2 Å². The van der Waals surface area contributed by atoms with Crippen molar-refractivity contribution in [3.63, 3.8) is 0 Å². The molecule has 1 aromatic carbocycles. The summed E-state index contributed by atoms with van der Waals surface area (Å²) in [4.78, 5) is 24.9. The van der Waals surface area contributed by atoms with Crippen LogP contribution in [0.1, 0.15) is 25.8 Å². The van der Waals surface area contributed by atoms with E-state index in [0.29, 0.717) is 13.1 Å². The van der Waals surface area contributed by atoms with Gasteiger partial charge >= 0.3 is 12.0 Å². The van der Waals surface area contributed by atoms with Gasteiger partial charge in [0.2, 0.25) is 0 Å². The van der Waals surface area contributed by atoms with Gasteiger partial charge in [0.15, 0.2) is 0 Å². The third-order valence-corrected chi connectivity index (χ3v) is 3.04. The van der Waals surface area contributed by atoms with Crippen molar-refractivity contribution < 1.29 is 14.7 Å². The van der Waals surface area contributed by atoms with Gasteiger partial charge in [0.05, 0.1) is 0 Å². The largest absolute Gasteiger partial charge is 0.480 e. The summed E-state index contributed by atoms with van der Waals surface area (Å²) in [5.74, 6) is -1.02. The number of urea groups is 1. The number of carbonyl (C=O) groups excluding carboxylic acids is 1. The van der Waals surface area contributed by atoms with Gasteiger partial charge in [-0.1, -0.05) is 37.3 Å². The zero-order chi connectivity index (χ0) is 15.0. The molecule has 1 rings (SSSR count). The number of benzene rings is 1. The lowest BCUT2D eigenvalue weighted by Crippen LogP contribution is -2.49. The topological polar surface area (TPSA) is 69.6 Å². The van der Waals surface area contributed by atoms with Crippen molar-refractivity contribution in [1.29, 1.82) is 0 Å². The molecule has 1 aromatic rings. The minimum absolute atomic E-state index is 0.283. The van der Waals surface area contributed by atoms with Crippen molar-refractivity contribution in [2.45, 2.75) is 32.7 Å². The second kappa shape index (κ2) is 8.19. The third-order valence-electron chi connectivity index (χ3n) is 3.04. The highest BCUT2D eigenvalue weighted by Crippen LogP contribution is 2.04. The average molecular weight is 278 g/mol. The number of aliphatic carboxylic acids is 1. The average Bonchev–Trinajstić information content (AvgIpc) is 2.44. The Kier molecular flexibility index (Phi) is 6.56. The Morgan fingerprint density at radius 1 is 1.25 bits per heavy atom. The molecular formula is C15H22N2O3. The molecular weight excluding hydrogens is 256 g/mol. The van der Waals surface area contributed by atoms with Gasteiger partial charge in [-0.2, -0.15) is 0 Å². The molecule has 0 aliphatic heterocycles. The van der Waals surface area contributed by atoms with Gasteiger partial charge < -0.3 is 15.3 Å². The Labute approximate surface area is 119 Å². The first-order valence-corrected chi connectivity index (χ1v) is 6.90. The van der Waals surface area contributed by atoms with E-state index in [-0.39, 0.29) is 12.5 Å². The van der Waals surface area contributed by atoms with E-state index in [1.165, 1.54) is 0 Å². The van der Waals surface area contributed by atoms with Crippen molar-refractivity contribution >= 4 is 12.0 Å². The molecule has 0 fully saturated rings. The van der Waals surface area contributed by atoms with E-state index in [0.717, 1.165) is 12.0 Å². The van der Waals surface area contributed by atoms with Crippen LogP contribution in [-0.2, 0) is 11.2 Å². The van der Waals surface area contributed by atoms with Crippen LogP contribution in [0.3, 0.4) is 0 Å². The Bertz CT molecular complexity index is 434. The number of amides is 2. The Morgan fingerprint density at radius 2 is 1.90 bits per heavy atom. The maximum absolute atomic E-state index is 12.0. The van der Waals surface area contributed by atoms with Crippen LogP contribution >= 0.6 is 0 Å². The first-order valence-electron chi connectivity index (χ1n) is 6.90. The lowest BCUT2D eigenvalue weighted by atomic mass is 10.1. The van der Waals surface area contributed by atoms with Crippen LogP contribution in [-0.4, -0.2) is 41.1 Å². The minimum Gasteiger partial charge on any atom is -0.480 e. The summed E-state index contributed by atoms with van der Waals surface area (Å²) in [6, 6.07) is 8.06. The van der Waals surface area contributed by atoms with Gasteiger partial charge in [-0.3, -0.25) is 0 Å². The number of carboxylic acid groups (broad SMARTS) is 1. The van der Waals surface area contributed by atoms with Crippen LogP contribution in [0, 0.1) is 0 Å². The second-order valence-electron chi connectivity index (χ2n) is 4.61. The Hall–Kier alpha value is -2.04. The summed E-state index contributed by atoms with van der Waals surface area (Å²) in [5.41, 5.74) is 0.888. The van der Waals surface area contributed by atoms with Gasteiger partial charge in [-0.15, -0.1) is 0 Å². The van der Waals surface area contributed by atoms with Crippen LogP contribution in [0.2, 0.25) is 0 Å². The quantitative estimate of drug-likeness (QED) is 0.802. The maximum Gasteiger partial charge on any atom is 0.326 e. The minimum atomic E-state index is -1.02. The van der Waals surface area contributed by atoms with E-state index in [4.69, 9.17) is 0 Å². The second-order valence-corrected chi connectivity index (χ2v) is 4.61. The predicted octanol–water partition coefficient (Wildman–Crippen LogP) is 2.12. The molecule has 0 aromatic heterocycles. The van der Waals surface area contributed by atoms with Crippen molar-refractivity contribution in [2.75, 3.05) is 13.1 Å². The van der Waals surface area contributed by atoms with E-state index in [2.05, 4.69) is 5.32 Å². The molecule has 0 bridgehead atoms. The van der Waals surface area contributed by atoms with Gasteiger partial charge in [0.25, 0.3) is 0 Å². The number of nitrogens with zero attached hydrogens (tertiary/aromatic N) is 1. The van der Waals surface area contributed by atoms with Crippen LogP contribution in [0.4, 0.5) is 4.79 Å². The number of nitrogens with one attached hydrogen (secondary N) is 1. The standard InChI is InChI=1S/C15H22N2O3/c1-3-10-17(4-2)15(20)16-13(14(18)19)11-12-8-6-5-7-9-12/h5-9,13H,3-4,10-11H2,1-2H3,(H,16,20)(H,18,19)/t13-/m1/s1. The normalized spacial score (nSPS) is 11.7. The molecule has 5 nitrogen and oxygen atoms in total. The lowest BCUT2D eigenvalue weighted by molar-refractivity contribution is -0.139. The SMILES string of the molecule is CCCN(CC)C(=O)N[C@H](Cc1ccccc1)C(=O)O. The predicted molar refractivity (Wildman–Crippen MR) is 77.6 cm³/mol. The van der Waals surface area contributed by atoms with E-state index in [1.807, 2.05) is 44.2 Å². The van der Waals surface area contributed by atoms with Gasteiger partial charge in [0, 0.05) is 19.5 Å². The lowest BCUT2D eigenvalue weighted by Gasteiger charge is -2.23. The van der Waals surface area contributed by atoms with Crippen molar-refractivity contribution in [3.8, 4) is 0 Å². The number of hydrogen-bond donors (Lipinski definition) is 2. The third kappa shape index (κ3) is 4.91. The molecule has 1 atom stereocenters. The molecule has 0 aliphatic rings. The maximum atomic E-state index is 12.0. The molecule has 0 saturated carbocycles. The number of carboxylic acids is 1. The summed E-state index contributed by atoms with van der Waals surface area (Å²) in [7, 11) is 0. The molecule has 0 aliphatic carbocycles. The molecule has 2 amide bonds. The van der Waals surface area contributed by atoms with Gasteiger partial charge in [-0.05, 0) is 18.9 Å². The summed E-state index contributed by atoms with van der Waals surface area (Å²) in [6.45, 7) is 5.05. The van der Waals surface area contributed by atoms with E-state index in [1.54, 1.807) is 4.90 Å². The van der Waals surface area contributed by atoms with Crippen molar-refractivity contribution in [2.24, 2.45) is 0 Å². The summed E-state index contributed by atoms with van der Waals surface area (Å²) in [5, 5.41) is 11.8. The monoisotopic (exact) mass is 278 g/mol. The first kappa shape index (κ1) is 16.0. The first-order chi connectivity index (χ1) is 9.58. The van der Waals surface area contributed by atoms with E-state index >= 15 is 0 Å². The van der Waals surface area contributed by atoms with Crippen LogP contribution < -0.4 is 5.32 Å². The molecule has 0 saturated heterocycles. The van der Waals surface area contributed by atoms with Crippen LogP contribution in [0.5, 0.6) is 0 Å². The molecule has 0 heterocycles. The fourth-order valence-corrected chi connectivity index (χ4v) is 1.96. The van der Waals surface area contributed by atoms with E-state index in [9.17, 15) is 14.7 Å². The molecule has 110 valence electrons. The van der Waals surface area contributed by atoms with Gasteiger partial charge in [0.1, 0.15) is 6.04 Å². The molecule has 2 N–H and O–H groups in total. The fraction of sp³-hybridized carbons (Fsp3) is 0.467. The Balaban J connectivity index is 2.68.